The molecule has 0 radical (unpaired) electrons. The lowest BCUT2D eigenvalue weighted by molar-refractivity contribution is 0.0526. The Bertz CT molecular complexity index is 448. The van der Waals surface area contributed by atoms with Gasteiger partial charge in [-0.1, -0.05) is 13.8 Å². The van der Waals surface area contributed by atoms with E-state index in [1.165, 1.54) is 0 Å². The highest BCUT2D eigenvalue weighted by Crippen LogP contribution is 2.25. The van der Waals surface area contributed by atoms with Crippen LogP contribution in [0.25, 0.3) is 0 Å². The monoisotopic (exact) mass is 292 g/mol. The first kappa shape index (κ1) is 16.2. The Morgan fingerprint density at radius 2 is 2.29 bits per heavy atom. The lowest BCUT2D eigenvalue weighted by Gasteiger charge is -2.34. The van der Waals surface area contributed by atoms with Crippen molar-refractivity contribution in [2.45, 2.75) is 52.2 Å². The van der Waals surface area contributed by atoms with Crippen molar-refractivity contribution in [3.63, 3.8) is 0 Å². The standard InChI is InChI=1S/C16H28N4O/c1-5-21-13-7-6-8-20(11-13)15-10-18-16(12(2)3)19-14(15)9-17-4/h10,12-13,17H,5-9,11H2,1-4H3. The molecule has 1 fully saturated rings. The van der Waals surface area contributed by atoms with Gasteiger partial charge < -0.3 is 15.0 Å². The fourth-order valence-corrected chi connectivity index (χ4v) is 2.79. The van der Waals surface area contributed by atoms with Crippen LogP contribution in [0.2, 0.25) is 0 Å². The van der Waals surface area contributed by atoms with Crippen molar-refractivity contribution in [1.29, 1.82) is 0 Å². The van der Waals surface area contributed by atoms with Gasteiger partial charge in [0.25, 0.3) is 0 Å². The van der Waals surface area contributed by atoms with Crippen LogP contribution in [0.4, 0.5) is 5.69 Å². The van der Waals surface area contributed by atoms with Crippen LogP contribution in [-0.4, -0.2) is 42.8 Å². The molecule has 0 amide bonds. The largest absolute Gasteiger partial charge is 0.377 e. The minimum atomic E-state index is 0.330. The Morgan fingerprint density at radius 1 is 1.48 bits per heavy atom. The van der Waals surface area contributed by atoms with Crippen molar-refractivity contribution in [3.8, 4) is 0 Å². The molecule has 0 spiro atoms. The fraction of sp³-hybridized carbons (Fsp3) is 0.750. The molecule has 0 saturated carbocycles. The molecule has 2 heterocycles. The molecule has 1 aliphatic rings. The van der Waals surface area contributed by atoms with Gasteiger partial charge in [0, 0.05) is 32.2 Å². The van der Waals surface area contributed by atoms with Crippen LogP contribution in [0.1, 0.15) is 51.0 Å². The molecule has 118 valence electrons. The van der Waals surface area contributed by atoms with Crippen molar-refractivity contribution in [2.24, 2.45) is 0 Å². The number of piperidine rings is 1. The third-order valence-corrected chi connectivity index (χ3v) is 3.85. The molecule has 1 aromatic heterocycles. The number of hydrogen-bond donors (Lipinski definition) is 1. The topological polar surface area (TPSA) is 50.3 Å². The third-order valence-electron chi connectivity index (χ3n) is 3.85. The highest BCUT2D eigenvalue weighted by molar-refractivity contribution is 5.49. The Labute approximate surface area is 128 Å². The summed E-state index contributed by atoms with van der Waals surface area (Å²) < 4.78 is 5.80. The van der Waals surface area contributed by atoms with Gasteiger partial charge in [0.2, 0.25) is 0 Å². The Hall–Kier alpha value is -1.20. The zero-order valence-electron chi connectivity index (χ0n) is 13.7. The summed E-state index contributed by atoms with van der Waals surface area (Å²) in [5, 5.41) is 3.22. The number of aromatic nitrogens is 2. The first-order valence-corrected chi connectivity index (χ1v) is 8.02. The summed E-state index contributed by atoms with van der Waals surface area (Å²) in [6, 6.07) is 0. The summed E-state index contributed by atoms with van der Waals surface area (Å²) in [4.78, 5) is 11.7. The zero-order valence-corrected chi connectivity index (χ0v) is 13.7. The van der Waals surface area contributed by atoms with Crippen molar-refractivity contribution >= 4 is 5.69 Å². The molecule has 0 bridgehead atoms. The van der Waals surface area contributed by atoms with Gasteiger partial charge >= 0.3 is 0 Å². The van der Waals surface area contributed by atoms with Gasteiger partial charge in [0.15, 0.2) is 0 Å². The normalized spacial score (nSPS) is 19.3. The molecule has 1 atom stereocenters. The van der Waals surface area contributed by atoms with E-state index < -0.39 is 0 Å². The molecule has 5 heteroatoms. The molecule has 5 nitrogen and oxygen atoms in total. The van der Waals surface area contributed by atoms with E-state index in [0.29, 0.717) is 12.0 Å². The molecular formula is C16H28N4O. The second-order valence-corrected chi connectivity index (χ2v) is 5.91. The fourth-order valence-electron chi connectivity index (χ4n) is 2.79. The van der Waals surface area contributed by atoms with Gasteiger partial charge in [-0.25, -0.2) is 9.97 Å². The number of hydrogen-bond acceptors (Lipinski definition) is 5. The first-order chi connectivity index (χ1) is 10.2. The Kier molecular flexibility index (Phi) is 5.94. The van der Waals surface area contributed by atoms with Crippen LogP contribution in [0.3, 0.4) is 0 Å². The number of rotatable bonds is 6. The maximum atomic E-state index is 5.80. The van der Waals surface area contributed by atoms with E-state index in [0.717, 1.165) is 56.3 Å². The minimum absolute atomic E-state index is 0.330. The van der Waals surface area contributed by atoms with E-state index in [4.69, 9.17) is 9.72 Å². The number of ether oxygens (including phenoxy) is 1. The number of anilines is 1. The van der Waals surface area contributed by atoms with Gasteiger partial charge in [-0.05, 0) is 26.8 Å². The number of nitrogens with one attached hydrogen (secondary N) is 1. The maximum absolute atomic E-state index is 5.80. The summed E-state index contributed by atoms with van der Waals surface area (Å²) >= 11 is 0. The first-order valence-electron chi connectivity index (χ1n) is 8.02. The van der Waals surface area contributed by atoms with Crippen LogP contribution in [0.5, 0.6) is 0 Å². The zero-order chi connectivity index (χ0) is 15.2. The van der Waals surface area contributed by atoms with Crippen LogP contribution in [0.15, 0.2) is 6.20 Å². The third kappa shape index (κ3) is 4.14. The van der Waals surface area contributed by atoms with Crippen molar-refractivity contribution in [1.82, 2.24) is 15.3 Å². The van der Waals surface area contributed by atoms with E-state index in [2.05, 4.69) is 36.0 Å². The second kappa shape index (κ2) is 7.71. The SMILES string of the molecule is CCOC1CCCN(c2cnc(C(C)C)nc2CNC)C1. The Morgan fingerprint density at radius 3 is 2.95 bits per heavy atom. The maximum Gasteiger partial charge on any atom is 0.131 e. The van der Waals surface area contributed by atoms with Crippen molar-refractivity contribution in [2.75, 3.05) is 31.6 Å². The molecule has 1 aromatic rings. The molecule has 1 unspecified atom stereocenters. The summed E-state index contributed by atoms with van der Waals surface area (Å²) in [7, 11) is 1.96. The minimum Gasteiger partial charge on any atom is -0.377 e. The van der Waals surface area contributed by atoms with Gasteiger partial charge in [-0.15, -0.1) is 0 Å². The summed E-state index contributed by atoms with van der Waals surface area (Å²) in [6.45, 7) is 9.87. The van der Waals surface area contributed by atoms with Crippen LogP contribution >= 0.6 is 0 Å². The summed E-state index contributed by atoms with van der Waals surface area (Å²) in [6.07, 6.45) is 4.63. The average molecular weight is 292 g/mol. The highest BCUT2D eigenvalue weighted by atomic mass is 16.5. The summed E-state index contributed by atoms with van der Waals surface area (Å²) in [5.41, 5.74) is 2.24. The molecule has 0 aliphatic carbocycles. The molecule has 0 aromatic carbocycles. The van der Waals surface area contributed by atoms with Crippen LogP contribution in [-0.2, 0) is 11.3 Å². The quantitative estimate of drug-likeness (QED) is 0.872. The van der Waals surface area contributed by atoms with Crippen LogP contribution in [0, 0.1) is 0 Å². The molecule has 1 saturated heterocycles. The highest BCUT2D eigenvalue weighted by Gasteiger charge is 2.23. The Balaban J connectivity index is 2.20. The molecule has 21 heavy (non-hydrogen) atoms. The van der Waals surface area contributed by atoms with Crippen LogP contribution < -0.4 is 10.2 Å². The lowest BCUT2D eigenvalue weighted by Crippen LogP contribution is -2.40. The van der Waals surface area contributed by atoms with E-state index in [-0.39, 0.29) is 0 Å². The van der Waals surface area contributed by atoms with Gasteiger partial charge in [0.05, 0.1) is 23.7 Å². The molecule has 1 N–H and O–H groups in total. The van der Waals surface area contributed by atoms with Crippen molar-refractivity contribution < 1.29 is 4.74 Å². The smallest absolute Gasteiger partial charge is 0.131 e. The van der Waals surface area contributed by atoms with Gasteiger partial charge in [0.1, 0.15) is 5.82 Å². The summed E-state index contributed by atoms with van der Waals surface area (Å²) in [5.74, 6) is 1.27. The van der Waals surface area contributed by atoms with Gasteiger partial charge in [-0.3, -0.25) is 0 Å². The predicted octanol–water partition coefficient (Wildman–Crippen LogP) is 2.32. The van der Waals surface area contributed by atoms with E-state index in [1.54, 1.807) is 0 Å². The van der Waals surface area contributed by atoms with Gasteiger partial charge in [-0.2, -0.15) is 0 Å². The van der Waals surface area contributed by atoms with E-state index in [1.807, 2.05) is 13.2 Å². The molecule has 2 rings (SSSR count). The number of nitrogens with zero attached hydrogens (tertiary/aromatic N) is 3. The molecular weight excluding hydrogens is 264 g/mol. The average Bonchev–Trinajstić information content (AvgIpc) is 2.48. The van der Waals surface area contributed by atoms with E-state index in [9.17, 15) is 0 Å². The predicted molar refractivity (Wildman–Crippen MR) is 85.7 cm³/mol. The van der Waals surface area contributed by atoms with E-state index >= 15 is 0 Å². The lowest BCUT2D eigenvalue weighted by atomic mass is 10.1. The molecule has 1 aliphatic heterocycles. The second-order valence-electron chi connectivity index (χ2n) is 5.91. The van der Waals surface area contributed by atoms with Crippen molar-refractivity contribution in [3.05, 3.63) is 17.7 Å².